The minimum Gasteiger partial charge on any atom is -0.481 e. The Morgan fingerprint density at radius 2 is 1.75 bits per heavy atom. The SMILES string of the molecule is COc1cc(CNCc2cc(C)c(C)cc2C)ccn1. The zero-order valence-electron chi connectivity index (χ0n) is 12.7. The molecule has 0 bridgehead atoms. The summed E-state index contributed by atoms with van der Waals surface area (Å²) in [6.45, 7) is 8.16. The van der Waals surface area contributed by atoms with Crippen LogP contribution in [-0.2, 0) is 13.1 Å². The average molecular weight is 270 g/mol. The van der Waals surface area contributed by atoms with E-state index in [1.165, 1.54) is 27.8 Å². The van der Waals surface area contributed by atoms with Crippen LogP contribution in [0.3, 0.4) is 0 Å². The van der Waals surface area contributed by atoms with Gasteiger partial charge in [-0.1, -0.05) is 12.1 Å². The number of nitrogens with zero attached hydrogens (tertiary/aromatic N) is 1. The topological polar surface area (TPSA) is 34.1 Å². The fraction of sp³-hybridized carbons (Fsp3) is 0.353. The maximum atomic E-state index is 5.13. The molecular weight excluding hydrogens is 248 g/mol. The van der Waals surface area contributed by atoms with Crippen molar-refractivity contribution in [2.24, 2.45) is 0 Å². The number of aromatic nitrogens is 1. The second-order valence-corrected chi connectivity index (χ2v) is 5.17. The van der Waals surface area contributed by atoms with E-state index < -0.39 is 0 Å². The number of benzene rings is 1. The van der Waals surface area contributed by atoms with Gasteiger partial charge in [0.25, 0.3) is 0 Å². The number of ether oxygens (including phenoxy) is 1. The van der Waals surface area contributed by atoms with E-state index in [1.54, 1.807) is 13.3 Å². The summed E-state index contributed by atoms with van der Waals surface area (Å²) in [6.07, 6.45) is 1.77. The van der Waals surface area contributed by atoms with Gasteiger partial charge in [0.15, 0.2) is 0 Å². The van der Waals surface area contributed by atoms with Crippen molar-refractivity contribution in [3.05, 3.63) is 58.3 Å². The highest BCUT2D eigenvalue weighted by Gasteiger charge is 2.02. The Hall–Kier alpha value is -1.87. The molecule has 2 rings (SSSR count). The summed E-state index contributed by atoms with van der Waals surface area (Å²) in [5.41, 5.74) is 6.57. The highest BCUT2D eigenvalue weighted by atomic mass is 16.5. The first-order valence-corrected chi connectivity index (χ1v) is 6.86. The molecule has 0 radical (unpaired) electrons. The molecule has 0 saturated carbocycles. The molecule has 0 spiro atoms. The van der Waals surface area contributed by atoms with Crippen molar-refractivity contribution in [2.45, 2.75) is 33.9 Å². The van der Waals surface area contributed by atoms with Crippen molar-refractivity contribution in [3.8, 4) is 5.88 Å². The molecule has 3 heteroatoms. The van der Waals surface area contributed by atoms with Crippen LogP contribution in [0.4, 0.5) is 0 Å². The lowest BCUT2D eigenvalue weighted by atomic mass is 10.0. The average Bonchev–Trinajstić information content (AvgIpc) is 2.44. The Labute approximate surface area is 121 Å². The number of pyridine rings is 1. The second kappa shape index (κ2) is 6.53. The predicted molar refractivity (Wildman–Crippen MR) is 82.0 cm³/mol. The number of nitrogens with one attached hydrogen (secondary N) is 1. The second-order valence-electron chi connectivity index (χ2n) is 5.17. The van der Waals surface area contributed by atoms with E-state index in [1.807, 2.05) is 12.1 Å². The van der Waals surface area contributed by atoms with E-state index in [2.05, 4.69) is 43.2 Å². The van der Waals surface area contributed by atoms with E-state index >= 15 is 0 Å². The van der Waals surface area contributed by atoms with Gasteiger partial charge < -0.3 is 10.1 Å². The third-order valence-electron chi connectivity index (χ3n) is 3.61. The minimum absolute atomic E-state index is 0.659. The Balaban J connectivity index is 1.97. The van der Waals surface area contributed by atoms with Gasteiger partial charge in [-0.15, -0.1) is 0 Å². The Bertz CT molecular complexity index is 594. The Morgan fingerprint density at radius 3 is 2.50 bits per heavy atom. The van der Waals surface area contributed by atoms with Gasteiger partial charge in [0, 0.05) is 25.4 Å². The first-order chi connectivity index (χ1) is 9.60. The molecule has 0 fully saturated rings. The fourth-order valence-electron chi connectivity index (χ4n) is 2.22. The van der Waals surface area contributed by atoms with Crippen molar-refractivity contribution in [2.75, 3.05) is 7.11 Å². The quantitative estimate of drug-likeness (QED) is 0.905. The zero-order chi connectivity index (χ0) is 14.5. The third-order valence-corrected chi connectivity index (χ3v) is 3.61. The summed E-state index contributed by atoms with van der Waals surface area (Å²) >= 11 is 0. The van der Waals surface area contributed by atoms with Crippen molar-refractivity contribution in [3.63, 3.8) is 0 Å². The fourth-order valence-corrected chi connectivity index (χ4v) is 2.22. The molecule has 0 unspecified atom stereocenters. The van der Waals surface area contributed by atoms with E-state index in [4.69, 9.17) is 4.74 Å². The Morgan fingerprint density at radius 1 is 1.00 bits per heavy atom. The van der Waals surface area contributed by atoms with Crippen LogP contribution < -0.4 is 10.1 Å². The van der Waals surface area contributed by atoms with Crippen LogP contribution in [-0.4, -0.2) is 12.1 Å². The van der Waals surface area contributed by atoms with Gasteiger partial charge in [0.1, 0.15) is 0 Å². The van der Waals surface area contributed by atoms with Crippen molar-refractivity contribution >= 4 is 0 Å². The third kappa shape index (κ3) is 3.58. The van der Waals surface area contributed by atoms with Crippen molar-refractivity contribution < 1.29 is 4.74 Å². The maximum absolute atomic E-state index is 5.13. The molecule has 0 amide bonds. The minimum atomic E-state index is 0.659. The first kappa shape index (κ1) is 14.5. The largest absolute Gasteiger partial charge is 0.481 e. The van der Waals surface area contributed by atoms with E-state index in [0.717, 1.165) is 13.1 Å². The number of methoxy groups -OCH3 is 1. The molecule has 0 aliphatic carbocycles. The molecule has 1 N–H and O–H groups in total. The van der Waals surface area contributed by atoms with Gasteiger partial charge in [-0.05, 0) is 54.7 Å². The molecular formula is C17H22N2O. The summed E-state index contributed by atoms with van der Waals surface area (Å²) in [5.74, 6) is 0.659. The molecule has 1 aromatic heterocycles. The molecule has 0 atom stereocenters. The van der Waals surface area contributed by atoms with Crippen molar-refractivity contribution in [1.82, 2.24) is 10.3 Å². The van der Waals surface area contributed by atoms with Gasteiger partial charge >= 0.3 is 0 Å². The lowest BCUT2D eigenvalue weighted by Crippen LogP contribution is -2.14. The zero-order valence-corrected chi connectivity index (χ0v) is 12.7. The monoisotopic (exact) mass is 270 g/mol. The number of rotatable bonds is 5. The van der Waals surface area contributed by atoms with E-state index in [0.29, 0.717) is 5.88 Å². The molecule has 0 aliphatic rings. The van der Waals surface area contributed by atoms with Gasteiger partial charge in [-0.3, -0.25) is 0 Å². The standard InChI is InChI=1S/C17H22N2O/c1-12-7-14(3)16(8-13(12)2)11-18-10-15-5-6-19-17(9-15)20-4/h5-9,18H,10-11H2,1-4H3. The summed E-state index contributed by atoms with van der Waals surface area (Å²) < 4.78 is 5.13. The predicted octanol–water partition coefficient (Wildman–Crippen LogP) is 3.31. The van der Waals surface area contributed by atoms with Crippen LogP contribution in [0.2, 0.25) is 0 Å². The molecule has 1 heterocycles. The maximum Gasteiger partial charge on any atom is 0.213 e. The van der Waals surface area contributed by atoms with Crippen LogP contribution >= 0.6 is 0 Å². The Kier molecular flexibility index (Phi) is 4.74. The normalized spacial score (nSPS) is 10.6. The lowest BCUT2D eigenvalue weighted by molar-refractivity contribution is 0.397. The highest BCUT2D eigenvalue weighted by molar-refractivity contribution is 5.36. The molecule has 3 nitrogen and oxygen atoms in total. The first-order valence-electron chi connectivity index (χ1n) is 6.86. The van der Waals surface area contributed by atoms with E-state index in [9.17, 15) is 0 Å². The molecule has 0 saturated heterocycles. The smallest absolute Gasteiger partial charge is 0.213 e. The van der Waals surface area contributed by atoms with Crippen LogP contribution in [0, 0.1) is 20.8 Å². The van der Waals surface area contributed by atoms with Gasteiger partial charge in [-0.2, -0.15) is 0 Å². The molecule has 106 valence electrons. The van der Waals surface area contributed by atoms with E-state index in [-0.39, 0.29) is 0 Å². The van der Waals surface area contributed by atoms with Crippen LogP contribution in [0.15, 0.2) is 30.5 Å². The summed E-state index contributed by atoms with van der Waals surface area (Å²) in [6, 6.07) is 8.48. The van der Waals surface area contributed by atoms with Crippen molar-refractivity contribution in [1.29, 1.82) is 0 Å². The summed E-state index contributed by atoms with van der Waals surface area (Å²) in [7, 11) is 1.64. The van der Waals surface area contributed by atoms with Crippen LogP contribution in [0.5, 0.6) is 5.88 Å². The van der Waals surface area contributed by atoms with Gasteiger partial charge in [0.2, 0.25) is 5.88 Å². The van der Waals surface area contributed by atoms with Crippen LogP contribution in [0.1, 0.15) is 27.8 Å². The number of hydrogen-bond donors (Lipinski definition) is 1. The lowest BCUT2D eigenvalue weighted by Gasteiger charge is -2.11. The molecule has 2 aromatic rings. The summed E-state index contributed by atoms with van der Waals surface area (Å²) in [5, 5.41) is 3.47. The molecule has 1 aromatic carbocycles. The molecule has 0 aliphatic heterocycles. The highest BCUT2D eigenvalue weighted by Crippen LogP contribution is 2.15. The number of hydrogen-bond acceptors (Lipinski definition) is 3. The molecule has 20 heavy (non-hydrogen) atoms. The van der Waals surface area contributed by atoms with Gasteiger partial charge in [-0.25, -0.2) is 4.98 Å². The van der Waals surface area contributed by atoms with Crippen LogP contribution in [0.25, 0.3) is 0 Å². The summed E-state index contributed by atoms with van der Waals surface area (Å²) in [4.78, 5) is 4.11. The van der Waals surface area contributed by atoms with Gasteiger partial charge in [0.05, 0.1) is 7.11 Å². The number of aryl methyl sites for hydroxylation is 3.